The first-order valence-electron chi connectivity index (χ1n) is 5.19. The second-order valence-electron chi connectivity index (χ2n) is 3.56. The third-order valence-corrected chi connectivity index (χ3v) is 6.21. The van der Waals surface area contributed by atoms with E-state index < -0.39 is 16.6 Å². The smallest absolute Gasteiger partial charge is 0.387 e. The third kappa shape index (κ3) is 3.68. The Morgan fingerprint density at radius 1 is 1.20 bits per heavy atom. The Kier molecular flexibility index (Phi) is 4.61. The molecule has 0 unspecified atom stereocenters. The van der Waals surface area contributed by atoms with Gasteiger partial charge in [-0.2, -0.15) is 8.78 Å². The zero-order valence-electron chi connectivity index (χ0n) is 9.72. The highest BCUT2D eigenvalue weighted by molar-refractivity contribution is 9.10. The van der Waals surface area contributed by atoms with Gasteiger partial charge in [0.15, 0.2) is 4.21 Å². The van der Waals surface area contributed by atoms with Crippen LogP contribution in [0.25, 0.3) is 0 Å². The van der Waals surface area contributed by atoms with E-state index in [2.05, 4.69) is 25.4 Å². The van der Waals surface area contributed by atoms with Crippen LogP contribution in [0.1, 0.15) is 0 Å². The number of anilines is 1. The first-order chi connectivity index (χ1) is 9.38. The summed E-state index contributed by atoms with van der Waals surface area (Å²) >= 11 is 4.21. The molecule has 4 nitrogen and oxygen atoms in total. The standard InChI is InChI=1S/C11H8BrF2NO3S2/c12-9-5-6-19-10(9)20(16,17)15-7-1-3-8(4-2-7)18-11(13)14/h1-6,11,15H. The van der Waals surface area contributed by atoms with Gasteiger partial charge in [0.1, 0.15) is 5.75 Å². The molecule has 0 radical (unpaired) electrons. The lowest BCUT2D eigenvalue weighted by atomic mass is 10.3. The SMILES string of the molecule is O=S(=O)(Nc1ccc(OC(F)F)cc1)c1sccc1Br. The van der Waals surface area contributed by atoms with E-state index in [1.807, 2.05) is 0 Å². The number of alkyl halides is 2. The van der Waals surface area contributed by atoms with Crippen molar-refractivity contribution < 1.29 is 21.9 Å². The molecular weight excluding hydrogens is 376 g/mol. The Bertz CT molecular complexity index is 686. The van der Waals surface area contributed by atoms with Gasteiger partial charge in [-0.1, -0.05) is 0 Å². The quantitative estimate of drug-likeness (QED) is 0.851. The molecule has 1 aromatic heterocycles. The minimum Gasteiger partial charge on any atom is -0.435 e. The molecule has 0 saturated carbocycles. The van der Waals surface area contributed by atoms with Crippen molar-refractivity contribution >= 4 is 43.0 Å². The molecule has 2 rings (SSSR count). The van der Waals surface area contributed by atoms with Crippen molar-refractivity contribution in [2.75, 3.05) is 4.72 Å². The van der Waals surface area contributed by atoms with E-state index in [0.717, 1.165) is 11.3 Å². The summed E-state index contributed by atoms with van der Waals surface area (Å²) < 4.78 is 55.2. The molecule has 108 valence electrons. The van der Waals surface area contributed by atoms with Crippen LogP contribution in [0.4, 0.5) is 14.5 Å². The van der Waals surface area contributed by atoms with Gasteiger partial charge in [0.05, 0.1) is 0 Å². The molecule has 0 aliphatic carbocycles. The Balaban J connectivity index is 2.16. The van der Waals surface area contributed by atoms with E-state index in [0.29, 0.717) is 4.47 Å². The predicted molar refractivity (Wildman–Crippen MR) is 75.9 cm³/mol. The summed E-state index contributed by atoms with van der Waals surface area (Å²) in [5, 5.41) is 1.64. The molecule has 0 amide bonds. The van der Waals surface area contributed by atoms with Crippen LogP contribution in [0.3, 0.4) is 0 Å². The van der Waals surface area contributed by atoms with Crippen molar-refractivity contribution in [3.63, 3.8) is 0 Å². The third-order valence-electron chi connectivity index (χ3n) is 2.16. The summed E-state index contributed by atoms with van der Waals surface area (Å²) in [7, 11) is -3.70. The van der Waals surface area contributed by atoms with Crippen LogP contribution in [0.5, 0.6) is 5.75 Å². The van der Waals surface area contributed by atoms with E-state index in [4.69, 9.17) is 0 Å². The molecule has 0 aliphatic rings. The average Bonchev–Trinajstić information content (AvgIpc) is 2.78. The van der Waals surface area contributed by atoms with Gasteiger partial charge in [-0.25, -0.2) is 8.42 Å². The Morgan fingerprint density at radius 2 is 1.85 bits per heavy atom. The van der Waals surface area contributed by atoms with E-state index in [1.54, 1.807) is 11.4 Å². The van der Waals surface area contributed by atoms with E-state index in [-0.39, 0.29) is 15.6 Å². The van der Waals surface area contributed by atoms with Gasteiger partial charge in [0, 0.05) is 10.2 Å². The van der Waals surface area contributed by atoms with Crippen LogP contribution in [0.15, 0.2) is 44.4 Å². The number of hydrogen-bond acceptors (Lipinski definition) is 4. The summed E-state index contributed by atoms with van der Waals surface area (Å²) in [6, 6.07) is 6.83. The highest BCUT2D eigenvalue weighted by Gasteiger charge is 2.19. The summed E-state index contributed by atoms with van der Waals surface area (Å²) in [4.78, 5) is 0. The maximum absolute atomic E-state index is 12.1. The molecule has 1 N–H and O–H groups in total. The number of nitrogens with one attached hydrogen (secondary N) is 1. The molecule has 2 aromatic rings. The lowest BCUT2D eigenvalue weighted by Crippen LogP contribution is -2.12. The van der Waals surface area contributed by atoms with Crippen LogP contribution in [-0.2, 0) is 10.0 Å². The van der Waals surface area contributed by atoms with E-state index in [9.17, 15) is 17.2 Å². The number of thiophene rings is 1. The van der Waals surface area contributed by atoms with Crippen LogP contribution >= 0.6 is 27.3 Å². The summed E-state index contributed by atoms with van der Waals surface area (Å²) in [6.07, 6.45) is 0. The van der Waals surface area contributed by atoms with Gasteiger partial charge in [-0.05, 0) is 51.6 Å². The average molecular weight is 384 g/mol. The molecule has 0 spiro atoms. The predicted octanol–water partition coefficient (Wildman–Crippen LogP) is 3.91. The molecule has 0 atom stereocenters. The van der Waals surface area contributed by atoms with Gasteiger partial charge in [-0.15, -0.1) is 11.3 Å². The van der Waals surface area contributed by atoms with Crippen LogP contribution in [0, 0.1) is 0 Å². The number of rotatable bonds is 5. The largest absolute Gasteiger partial charge is 0.435 e. The fourth-order valence-corrected chi connectivity index (χ4v) is 4.77. The number of ether oxygens (including phenoxy) is 1. The maximum Gasteiger partial charge on any atom is 0.387 e. The summed E-state index contributed by atoms with van der Waals surface area (Å²) in [6.45, 7) is -2.92. The zero-order valence-corrected chi connectivity index (χ0v) is 12.9. The Morgan fingerprint density at radius 3 is 2.35 bits per heavy atom. The minimum absolute atomic E-state index is 0.0414. The normalized spacial score (nSPS) is 11.6. The second kappa shape index (κ2) is 6.06. The van der Waals surface area contributed by atoms with Gasteiger partial charge in [-0.3, -0.25) is 4.72 Å². The van der Waals surface area contributed by atoms with Crippen molar-refractivity contribution in [3.8, 4) is 5.75 Å². The van der Waals surface area contributed by atoms with Crippen LogP contribution < -0.4 is 9.46 Å². The van der Waals surface area contributed by atoms with Gasteiger partial charge in [0.2, 0.25) is 0 Å². The number of sulfonamides is 1. The monoisotopic (exact) mass is 383 g/mol. The van der Waals surface area contributed by atoms with E-state index in [1.165, 1.54) is 24.3 Å². The first kappa shape index (κ1) is 15.2. The van der Waals surface area contributed by atoms with Gasteiger partial charge < -0.3 is 4.74 Å². The van der Waals surface area contributed by atoms with Crippen molar-refractivity contribution in [3.05, 3.63) is 40.2 Å². The maximum atomic E-state index is 12.1. The molecule has 1 aromatic carbocycles. The zero-order chi connectivity index (χ0) is 14.8. The molecule has 0 bridgehead atoms. The number of hydrogen-bond donors (Lipinski definition) is 1. The second-order valence-corrected chi connectivity index (χ2v) is 7.21. The fourth-order valence-electron chi connectivity index (χ4n) is 1.38. The number of halogens is 3. The highest BCUT2D eigenvalue weighted by atomic mass is 79.9. The molecule has 9 heteroatoms. The lowest BCUT2D eigenvalue weighted by molar-refractivity contribution is -0.0498. The topological polar surface area (TPSA) is 55.4 Å². The summed E-state index contributed by atoms with van der Waals surface area (Å²) in [5.74, 6) is -0.0414. The van der Waals surface area contributed by atoms with Gasteiger partial charge in [0.25, 0.3) is 10.0 Å². The van der Waals surface area contributed by atoms with Crippen molar-refractivity contribution in [1.29, 1.82) is 0 Å². The van der Waals surface area contributed by atoms with Crippen molar-refractivity contribution in [1.82, 2.24) is 0 Å². The molecular formula is C11H8BrF2NO3S2. The molecule has 0 fully saturated rings. The molecule has 1 heterocycles. The minimum atomic E-state index is -3.70. The lowest BCUT2D eigenvalue weighted by Gasteiger charge is -2.08. The van der Waals surface area contributed by atoms with Crippen LogP contribution in [-0.4, -0.2) is 15.0 Å². The fraction of sp³-hybridized carbons (Fsp3) is 0.0909. The molecule has 20 heavy (non-hydrogen) atoms. The number of benzene rings is 1. The summed E-state index contributed by atoms with van der Waals surface area (Å²) in [5.41, 5.74) is 0.256. The van der Waals surface area contributed by atoms with Crippen LogP contribution in [0.2, 0.25) is 0 Å². The highest BCUT2D eigenvalue weighted by Crippen LogP contribution is 2.29. The van der Waals surface area contributed by atoms with E-state index >= 15 is 0 Å². The molecule has 0 aliphatic heterocycles. The Hall–Kier alpha value is -1.19. The first-order valence-corrected chi connectivity index (χ1v) is 8.35. The van der Waals surface area contributed by atoms with Crippen molar-refractivity contribution in [2.45, 2.75) is 10.8 Å². The Labute approximate surface area is 126 Å². The van der Waals surface area contributed by atoms with Crippen molar-refractivity contribution in [2.24, 2.45) is 0 Å². The molecule has 0 saturated heterocycles. The van der Waals surface area contributed by atoms with Gasteiger partial charge >= 0.3 is 6.61 Å².